The lowest BCUT2D eigenvalue weighted by Gasteiger charge is -2.26. The average molecular weight is 283 g/mol. The third-order valence-corrected chi connectivity index (χ3v) is 6.28. The number of benzene rings is 1. The molecule has 0 aliphatic carbocycles. The van der Waals surface area contributed by atoms with E-state index in [9.17, 15) is 0 Å². The fourth-order valence-corrected chi connectivity index (χ4v) is 4.07. The van der Waals surface area contributed by atoms with Gasteiger partial charge in [0.15, 0.2) is 0 Å². The van der Waals surface area contributed by atoms with Gasteiger partial charge in [-0.05, 0) is 31.3 Å². The van der Waals surface area contributed by atoms with Crippen molar-refractivity contribution in [1.29, 1.82) is 0 Å². The number of hydrogen-bond donors (Lipinski definition) is 0. The molecule has 0 aromatic heterocycles. The van der Waals surface area contributed by atoms with Crippen molar-refractivity contribution in [2.24, 2.45) is 0 Å². The molecule has 2 atom stereocenters. The minimum atomic E-state index is -2.30. The maximum Gasteiger partial charge on any atom is 0.264 e. The first-order valence-corrected chi connectivity index (χ1v) is 8.57. The van der Waals surface area contributed by atoms with Crippen LogP contribution in [0.3, 0.4) is 0 Å². The molecular formula is C13H18NO2PS. The Hall–Kier alpha value is -0.510. The summed E-state index contributed by atoms with van der Waals surface area (Å²) in [5.41, 5.74) is 1.10. The molecule has 2 rings (SSSR count). The fraction of sp³-hybridized carbons (Fsp3) is 0.385. The highest BCUT2D eigenvalue weighted by atomic mass is 32.5. The lowest BCUT2D eigenvalue weighted by atomic mass is 10.1. The monoisotopic (exact) mass is 283 g/mol. The molecule has 1 fully saturated rings. The van der Waals surface area contributed by atoms with Gasteiger partial charge in [-0.15, -0.1) is 0 Å². The first-order valence-electron chi connectivity index (χ1n) is 5.98. The standard InChI is InChI=1S/C13H18NO2PS/c1-3-7-13(12-8-5-4-6-9-12)16-17(18)14(2)10-11-15-17/h3-9,13H,10-11H2,1-2H3/b7-3+/t13-,17?/m0/s1. The number of allylic oxidation sites excluding steroid dienone is 1. The van der Waals surface area contributed by atoms with Crippen LogP contribution < -0.4 is 0 Å². The Morgan fingerprint density at radius 1 is 1.44 bits per heavy atom. The van der Waals surface area contributed by atoms with E-state index < -0.39 is 6.64 Å². The second-order valence-electron chi connectivity index (χ2n) is 4.15. The maximum atomic E-state index is 6.08. The van der Waals surface area contributed by atoms with E-state index in [1.54, 1.807) is 0 Å². The minimum absolute atomic E-state index is 0.136. The molecule has 1 heterocycles. The minimum Gasteiger partial charge on any atom is -0.316 e. The average Bonchev–Trinajstić information content (AvgIpc) is 2.70. The zero-order valence-corrected chi connectivity index (χ0v) is 12.4. The van der Waals surface area contributed by atoms with E-state index >= 15 is 0 Å². The van der Waals surface area contributed by atoms with Gasteiger partial charge in [0.25, 0.3) is 6.64 Å². The van der Waals surface area contributed by atoms with Crippen molar-refractivity contribution in [3.8, 4) is 0 Å². The largest absolute Gasteiger partial charge is 0.316 e. The molecule has 98 valence electrons. The number of hydrogen-bond acceptors (Lipinski definition) is 3. The SMILES string of the molecule is C/C=C/[C@H](OP1(=S)OCCN1C)c1ccccc1. The van der Waals surface area contributed by atoms with Crippen molar-refractivity contribution in [3.63, 3.8) is 0 Å². The predicted octanol–water partition coefficient (Wildman–Crippen LogP) is 3.51. The Labute approximate surface area is 114 Å². The highest BCUT2D eigenvalue weighted by Gasteiger charge is 2.33. The van der Waals surface area contributed by atoms with E-state index in [1.807, 2.05) is 61.1 Å². The Kier molecular flexibility index (Phi) is 4.71. The first kappa shape index (κ1) is 13.9. The van der Waals surface area contributed by atoms with E-state index in [1.165, 1.54) is 0 Å². The zero-order chi connectivity index (χ0) is 13.0. The highest BCUT2D eigenvalue weighted by molar-refractivity contribution is 8.08. The molecule has 0 spiro atoms. The van der Waals surface area contributed by atoms with Crippen LogP contribution in [0.2, 0.25) is 0 Å². The second kappa shape index (κ2) is 6.09. The van der Waals surface area contributed by atoms with Gasteiger partial charge in [-0.1, -0.05) is 42.5 Å². The molecule has 1 aromatic rings. The molecule has 3 nitrogen and oxygen atoms in total. The molecule has 1 aromatic carbocycles. The topological polar surface area (TPSA) is 21.7 Å². The van der Waals surface area contributed by atoms with Gasteiger partial charge in [0, 0.05) is 6.54 Å². The van der Waals surface area contributed by atoms with Gasteiger partial charge in [-0.2, -0.15) is 0 Å². The van der Waals surface area contributed by atoms with Gasteiger partial charge in [-0.25, -0.2) is 4.67 Å². The van der Waals surface area contributed by atoms with Crippen LogP contribution in [0.15, 0.2) is 42.5 Å². The normalized spacial score (nSPS) is 26.8. The quantitative estimate of drug-likeness (QED) is 0.622. The van der Waals surface area contributed by atoms with E-state index in [2.05, 4.69) is 0 Å². The summed E-state index contributed by atoms with van der Waals surface area (Å²) in [6.07, 6.45) is 3.86. The summed E-state index contributed by atoms with van der Waals surface area (Å²) >= 11 is 5.54. The Morgan fingerprint density at radius 2 is 2.17 bits per heavy atom. The van der Waals surface area contributed by atoms with Gasteiger partial charge in [0.05, 0.1) is 6.61 Å². The van der Waals surface area contributed by atoms with Crippen LogP contribution in [0.1, 0.15) is 18.6 Å². The third kappa shape index (κ3) is 3.08. The van der Waals surface area contributed by atoms with Crippen molar-refractivity contribution in [1.82, 2.24) is 4.67 Å². The summed E-state index contributed by atoms with van der Waals surface area (Å²) < 4.78 is 13.7. The Bertz CT molecular complexity index is 463. The molecule has 0 radical (unpaired) electrons. The smallest absolute Gasteiger partial charge is 0.264 e. The molecule has 1 aliphatic heterocycles. The highest BCUT2D eigenvalue weighted by Crippen LogP contribution is 2.57. The van der Waals surface area contributed by atoms with Crippen molar-refractivity contribution in [3.05, 3.63) is 48.0 Å². The van der Waals surface area contributed by atoms with Gasteiger partial charge in [0.2, 0.25) is 0 Å². The van der Waals surface area contributed by atoms with Crippen molar-refractivity contribution in [2.45, 2.75) is 13.0 Å². The van der Waals surface area contributed by atoms with E-state index in [4.69, 9.17) is 20.9 Å². The lowest BCUT2D eigenvalue weighted by Crippen LogP contribution is -2.12. The van der Waals surface area contributed by atoms with E-state index in [0.29, 0.717) is 6.61 Å². The lowest BCUT2D eigenvalue weighted by molar-refractivity contribution is 0.222. The van der Waals surface area contributed by atoms with Crippen LogP contribution in [0.25, 0.3) is 0 Å². The molecule has 5 heteroatoms. The van der Waals surface area contributed by atoms with Crippen molar-refractivity contribution >= 4 is 18.4 Å². The van der Waals surface area contributed by atoms with Crippen molar-refractivity contribution in [2.75, 3.05) is 20.2 Å². The molecule has 0 saturated carbocycles. The molecule has 1 aliphatic rings. The van der Waals surface area contributed by atoms with Crippen LogP contribution in [-0.2, 0) is 20.9 Å². The summed E-state index contributed by atoms with van der Waals surface area (Å²) in [7, 11) is 1.96. The number of rotatable bonds is 4. The van der Waals surface area contributed by atoms with Gasteiger partial charge in [0.1, 0.15) is 6.10 Å². The van der Waals surface area contributed by atoms with E-state index in [-0.39, 0.29) is 6.10 Å². The third-order valence-electron chi connectivity index (χ3n) is 2.83. The Balaban J connectivity index is 2.20. The summed E-state index contributed by atoms with van der Waals surface area (Å²) in [4.78, 5) is 0. The van der Waals surface area contributed by atoms with Crippen LogP contribution in [0.5, 0.6) is 0 Å². The molecule has 0 bridgehead atoms. The summed E-state index contributed by atoms with van der Waals surface area (Å²) in [6.45, 7) is 1.18. The molecule has 0 N–H and O–H groups in total. The summed E-state index contributed by atoms with van der Waals surface area (Å²) in [6, 6.07) is 10.1. The predicted molar refractivity (Wildman–Crippen MR) is 77.9 cm³/mol. The van der Waals surface area contributed by atoms with Crippen LogP contribution in [0.4, 0.5) is 0 Å². The van der Waals surface area contributed by atoms with Gasteiger partial charge >= 0.3 is 0 Å². The zero-order valence-electron chi connectivity index (χ0n) is 10.7. The van der Waals surface area contributed by atoms with Crippen LogP contribution >= 0.6 is 6.64 Å². The molecule has 0 amide bonds. The molecule has 18 heavy (non-hydrogen) atoms. The summed E-state index contributed by atoms with van der Waals surface area (Å²) in [5, 5.41) is 0. The first-order chi connectivity index (χ1) is 8.65. The summed E-state index contributed by atoms with van der Waals surface area (Å²) in [5.74, 6) is 0. The molecule has 1 unspecified atom stereocenters. The number of nitrogens with zero attached hydrogens (tertiary/aromatic N) is 1. The molecule has 1 saturated heterocycles. The second-order valence-corrected chi connectivity index (χ2v) is 7.62. The van der Waals surface area contributed by atoms with Gasteiger partial charge in [-0.3, -0.25) is 0 Å². The fourth-order valence-electron chi connectivity index (χ4n) is 1.79. The van der Waals surface area contributed by atoms with Crippen LogP contribution in [-0.4, -0.2) is 24.9 Å². The molecular weight excluding hydrogens is 265 g/mol. The maximum absolute atomic E-state index is 6.08. The number of likely N-dealkylation sites (N-methyl/N-ethyl adjacent to an activating group) is 1. The van der Waals surface area contributed by atoms with Crippen LogP contribution in [0, 0.1) is 0 Å². The van der Waals surface area contributed by atoms with Gasteiger partial charge < -0.3 is 9.05 Å². The van der Waals surface area contributed by atoms with E-state index in [0.717, 1.165) is 12.1 Å². The van der Waals surface area contributed by atoms with Crippen molar-refractivity contribution < 1.29 is 9.05 Å². The Morgan fingerprint density at radius 3 is 2.72 bits per heavy atom.